The molecule has 1 aromatic heterocycles. The summed E-state index contributed by atoms with van der Waals surface area (Å²) in [7, 11) is -3.69. The van der Waals surface area contributed by atoms with E-state index in [1.807, 2.05) is 35.7 Å². The third kappa shape index (κ3) is 4.24. The summed E-state index contributed by atoms with van der Waals surface area (Å²) in [5.74, 6) is -0.281. The number of amides is 1. The molecule has 1 N–H and O–H groups in total. The molecule has 6 nitrogen and oxygen atoms in total. The Morgan fingerprint density at radius 2 is 1.79 bits per heavy atom. The number of aromatic nitrogens is 1. The second-order valence-corrected chi connectivity index (χ2v) is 9.56. The van der Waals surface area contributed by atoms with Crippen molar-refractivity contribution in [3.63, 3.8) is 0 Å². The van der Waals surface area contributed by atoms with Gasteiger partial charge in [0.1, 0.15) is 11.0 Å². The van der Waals surface area contributed by atoms with Gasteiger partial charge < -0.3 is 5.32 Å². The molecule has 1 saturated heterocycles. The Morgan fingerprint density at radius 3 is 2.52 bits per heavy atom. The second kappa shape index (κ2) is 8.44. The van der Waals surface area contributed by atoms with Crippen molar-refractivity contribution < 1.29 is 13.2 Å². The molecule has 4 rings (SSSR count). The van der Waals surface area contributed by atoms with E-state index in [1.165, 1.54) is 15.6 Å². The van der Waals surface area contributed by atoms with Crippen LogP contribution in [0.25, 0.3) is 10.6 Å². The van der Waals surface area contributed by atoms with E-state index in [1.54, 1.807) is 30.3 Å². The molecule has 1 aliphatic heterocycles. The number of carbonyl (C=O) groups excluding carboxylic acids is 1. The number of rotatable bonds is 6. The molecule has 1 unspecified atom stereocenters. The normalized spacial score (nSPS) is 17.3. The van der Waals surface area contributed by atoms with E-state index < -0.39 is 16.1 Å². The highest BCUT2D eigenvalue weighted by molar-refractivity contribution is 7.89. The molecule has 29 heavy (non-hydrogen) atoms. The van der Waals surface area contributed by atoms with Crippen LogP contribution in [0.2, 0.25) is 0 Å². The average molecular weight is 428 g/mol. The monoisotopic (exact) mass is 427 g/mol. The summed E-state index contributed by atoms with van der Waals surface area (Å²) in [6, 6.07) is 17.4. The van der Waals surface area contributed by atoms with E-state index in [0.717, 1.165) is 16.3 Å². The third-order valence-corrected chi connectivity index (χ3v) is 7.73. The van der Waals surface area contributed by atoms with Crippen molar-refractivity contribution in [1.29, 1.82) is 0 Å². The Hall–Kier alpha value is -2.55. The van der Waals surface area contributed by atoms with Crippen LogP contribution in [0.1, 0.15) is 18.5 Å². The van der Waals surface area contributed by atoms with Crippen LogP contribution < -0.4 is 5.32 Å². The van der Waals surface area contributed by atoms with Crippen LogP contribution in [0.4, 0.5) is 0 Å². The quantitative estimate of drug-likeness (QED) is 0.655. The van der Waals surface area contributed by atoms with Gasteiger partial charge in [-0.25, -0.2) is 13.4 Å². The Labute approximate surface area is 174 Å². The first-order valence-electron chi connectivity index (χ1n) is 9.40. The maximum absolute atomic E-state index is 12.9. The minimum absolute atomic E-state index is 0.215. The maximum atomic E-state index is 12.9. The summed E-state index contributed by atoms with van der Waals surface area (Å²) in [6.45, 7) is 0.627. The Kier molecular flexibility index (Phi) is 5.75. The van der Waals surface area contributed by atoms with Crippen LogP contribution in [0.3, 0.4) is 0 Å². The van der Waals surface area contributed by atoms with Crippen LogP contribution in [0.15, 0.2) is 70.9 Å². The van der Waals surface area contributed by atoms with Gasteiger partial charge in [0, 0.05) is 17.5 Å². The van der Waals surface area contributed by atoms with E-state index in [4.69, 9.17) is 0 Å². The summed E-state index contributed by atoms with van der Waals surface area (Å²) in [6.07, 6.45) is 1.18. The summed E-state index contributed by atoms with van der Waals surface area (Å²) in [5.41, 5.74) is 1.80. The van der Waals surface area contributed by atoms with Gasteiger partial charge in [0.25, 0.3) is 0 Å². The fourth-order valence-corrected chi connectivity index (χ4v) is 5.92. The van der Waals surface area contributed by atoms with Crippen molar-refractivity contribution in [2.24, 2.45) is 0 Å². The molecule has 2 aromatic carbocycles. The molecule has 2 heterocycles. The number of carbonyl (C=O) groups is 1. The number of sulfonamides is 1. The maximum Gasteiger partial charge on any atom is 0.243 e. The van der Waals surface area contributed by atoms with Crippen LogP contribution in [-0.4, -0.2) is 36.2 Å². The summed E-state index contributed by atoms with van der Waals surface area (Å²) >= 11 is 1.52. The highest BCUT2D eigenvalue weighted by Gasteiger charge is 2.39. The third-order valence-electron chi connectivity index (χ3n) is 4.87. The SMILES string of the molecule is O=C(NCc1csc(-c2ccccc2)n1)C1CCCN1S(=O)(=O)c1ccccc1. The number of nitrogens with zero attached hydrogens (tertiary/aromatic N) is 2. The second-order valence-electron chi connectivity index (χ2n) is 6.81. The highest BCUT2D eigenvalue weighted by atomic mass is 32.2. The highest BCUT2D eigenvalue weighted by Crippen LogP contribution is 2.27. The molecule has 1 amide bonds. The molecule has 1 atom stereocenters. The molecule has 0 saturated carbocycles. The zero-order chi connectivity index (χ0) is 20.3. The van der Waals surface area contributed by atoms with Crippen molar-refractivity contribution in [1.82, 2.24) is 14.6 Å². The van der Waals surface area contributed by atoms with Gasteiger partial charge in [0.2, 0.25) is 15.9 Å². The number of hydrogen-bond acceptors (Lipinski definition) is 5. The van der Waals surface area contributed by atoms with Gasteiger partial charge in [0.15, 0.2) is 0 Å². The Morgan fingerprint density at radius 1 is 1.10 bits per heavy atom. The van der Waals surface area contributed by atoms with E-state index in [9.17, 15) is 13.2 Å². The molecule has 1 aliphatic rings. The first kappa shape index (κ1) is 19.8. The van der Waals surface area contributed by atoms with Gasteiger partial charge in [-0.3, -0.25) is 4.79 Å². The van der Waals surface area contributed by atoms with Gasteiger partial charge >= 0.3 is 0 Å². The number of thiazole rings is 1. The van der Waals surface area contributed by atoms with Gasteiger partial charge in [0.05, 0.1) is 17.1 Å². The first-order chi connectivity index (χ1) is 14.1. The molecule has 0 aliphatic carbocycles. The molecule has 1 fully saturated rings. The standard InChI is InChI=1S/C21H21N3O3S2/c25-20(22-14-17-15-28-21(23-17)16-8-3-1-4-9-16)19-12-7-13-24(19)29(26,27)18-10-5-2-6-11-18/h1-6,8-11,15,19H,7,12-14H2,(H,22,25). The van der Waals surface area contributed by atoms with E-state index >= 15 is 0 Å². The summed E-state index contributed by atoms with van der Waals surface area (Å²) in [5, 5.41) is 5.66. The van der Waals surface area contributed by atoms with Crippen LogP contribution >= 0.6 is 11.3 Å². The lowest BCUT2D eigenvalue weighted by Gasteiger charge is -2.23. The smallest absolute Gasteiger partial charge is 0.243 e. The van der Waals surface area contributed by atoms with Crippen molar-refractivity contribution in [2.45, 2.75) is 30.3 Å². The minimum Gasteiger partial charge on any atom is -0.349 e. The molecule has 3 aromatic rings. The molecule has 0 bridgehead atoms. The number of nitrogens with one attached hydrogen (secondary N) is 1. The topological polar surface area (TPSA) is 79.4 Å². The lowest BCUT2D eigenvalue weighted by molar-refractivity contribution is -0.124. The molecule has 0 spiro atoms. The number of hydrogen-bond donors (Lipinski definition) is 1. The zero-order valence-corrected chi connectivity index (χ0v) is 17.3. The van der Waals surface area contributed by atoms with Crippen LogP contribution in [0, 0.1) is 0 Å². The van der Waals surface area contributed by atoms with Crippen molar-refractivity contribution >= 4 is 27.3 Å². The lowest BCUT2D eigenvalue weighted by atomic mass is 10.2. The molecular formula is C21H21N3O3S2. The first-order valence-corrected chi connectivity index (χ1v) is 11.7. The summed E-state index contributed by atoms with van der Waals surface area (Å²) < 4.78 is 27.2. The fraction of sp³-hybridized carbons (Fsp3) is 0.238. The molecule has 8 heteroatoms. The van der Waals surface area contributed by atoms with Gasteiger partial charge in [-0.2, -0.15) is 4.31 Å². The zero-order valence-electron chi connectivity index (χ0n) is 15.7. The van der Waals surface area contributed by atoms with Crippen molar-refractivity contribution in [2.75, 3.05) is 6.54 Å². The van der Waals surface area contributed by atoms with Crippen molar-refractivity contribution in [3.05, 3.63) is 71.7 Å². The van der Waals surface area contributed by atoms with E-state index in [2.05, 4.69) is 10.3 Å². The predicted octanol–water partition coefficient (Wildman–Crippen LogP) is 3.28. The Balaban J connectivity index is 1.43. The Bertz CT molecular complexity index is 1080. The van der Waals surface area contributed by atoms with Gasteiger partial charge in [-0.1, -0.05) is 48.5 Å². The fourth-order valence-electron chi connectivity index (χ4n) is 3.41. The minimum atomic E-state index is -3.69. The van der Waals surface area contributed by atoms with Gasteiger partial charge in [-0.05, 0) is 25.0 Å². The van der Waals surface area contributed by atoms with Crippen LogP contribution in [0.5, 0.6) is 0 Å². The lowest BCUT2D eigenvalue weighted by Crippen LogP contribution is -2.45. The largest absolute Gasteiger partial charge is 0.349 e. The van der Waals surface area contributed by atoms with E-state index in [0.29, 0.717) is 19.4 Å². The number of benzene rings is 2. The summed E-state index contributed by atoms with van der Waals surface area (Å²) in [4.78, 5) is 17.5. The van der Waals surface area contributed by atoms with Crippen molar-refractivity contribution in [3.8, 4) is 10.6 Å². The predicted molar refractivity (Wildman–Crippen MR) is 113 cm³/mol. The molecular weight excluding hydrogens is 406 g/mol. The van der Waals surface area contributed by atoms with Gasteiger partial charge in [-0.15, -0.1) is 11.3 Å². The molecule has 150 valence electrons. The molecule has 0 radical (unpaired) electrons. The van der Waals surface area contributed by atoms with E-state index in [-0.39, 0.29) is 17.3 Å². The average Bonchev–Trinajstić information content (AvgIpc) is 3.43. The van der Waals surface area contributed by atoms with Crippen LogP contribution in [-0.2, 0) is 21.4 Å².